The molecule has 1 saturated heterocycles. The number of benzene rings is 1. The highest BCUT2D eigenvalue weighted by molar-refractivity contribution is 6.14. The van der Waals surface area contributed by atoms with Crippen molar-refractivity contribution >= 4 is 11.7 Å². The van der Waals surface area contributed by atoms with E-state index in [1.54, 1.807) is 6.07 Å². The first kappa shape index (κ1) is 19.2. The molecule has 138 valence electrons. The lowest BCUT2D eigenvalue weighted by Crippen LogP contribution is -2.50. The molecule has 3 rings (SSSR count). The molecule has 9 heteroatoms. The average molecular weight is 358 g/mol. The zero-order chi connectivity index (χ0) is 17.2. The van der Waals surface area contributed by atoms with Crippen molar-refractivity contribution in [3.05, 3.63) is 29.8 Å². The predicted molar refractivity (Wildman–Crippen MR) is 88.8 cm³/mol. The molecule has 0 bridgehead atoms. The minimum absolute atomic E-state index is 0. The van der Waals surface area contributed by atoms with Gasteiger partial charge in [0, 0.05) is 5.56 Å². The largest absolute Gasteiger partial charge is 0.573 e. The summed E-state index contributed by atoms with van der Waals surface area (Å²) in [5.41, 5.74) is 2.68. The molecule has 6 nitrogen and oxygen atoms in total. The standard InChI is InChI=1S/C15H17F3N4O2.CH4/c1-23-22-13-14(5-7-19-8-6-14)21-12(20-13)10-3-2-4-11(9-10)24-15(16,17)18;/h2-4,9,19H,5-8H2,1H3,(H,20,21,22);1H4. The molecule has 2 N–H and O–H groups in total. The third kappa shape index (κ3) is 4.29. The van der Waals surface area contributed by atoms with E-state index >= 15 is 0 Å². The van der Waals surface area contributed by atoms with Gasteiger partial charge in [0.2, 0.25) is 0 Å². The van der Waals surface area contributed by atoms with Crippen LogP contribution in [0, 0.1) is 0 Å². The molecule has 0 saturated carbocycles. The van der Waals surface area contributed by atoms with Crippen molar-refractivity contribution in [2.45, 2.75) is 32.2 Å². The fourth-order valence-electron chi connectivity index (χ4n) is 2.86. The van der Waals surface area contributed by atoms with E-state index in [1.807, 2.05) is 0 Å². The van der Waals surface area contributed by atoms with Crippen LogP contribution in [-0.4, -0.2) is 43.8 Å². The monoisotopic (exact) mass is 358 g/mol. The molecule has 0 aromatic heterocycles. The summed E-state index contributed by atoms with van der Waals surface area (Å²) in [6.07, 6.45) is -3.28. The Morgan fingerprint density at radius 3 is 2.60 bits per heavy atom. The van der Waals surface area contributed by atoms with E-state index in [4.69, 9.17) is 4.84 Å². The van der Waals surface area contributed by atoms with Crippen molar-refractivity contribution in [3.63, 3.8) is 0 Å². The van der Waals surface area contributed by atoms with E-state index in [-0.39, 0.29) is 13.2 Å². The summed E-state index contributed by atoms with van der Waals surface area (Å²) in [4.78, 5) is 14.1. The number of halogens is 3. The summed E-state index contributed by atoms with van der Waals surface area (Å²) in [6.45, 7) is 1.55. The van der Waals surface area contributed by atoms with Gasteiger partial charge in [0.15, 0.2) is 11.7 Å². The highest BCUT2D eigenvalue weighted by atomic mass is 19.4. The molecule has 2 heterocycles. The van der Waals surface area contributed by atoms with Crippen LogP contribution >= 0.6 is 0 Å². The molecule has 1 aromatic rings. The van der Waals surface area contributed by atoms with E-state index in [0.29, 0.717) is 17.2 Å². The van der Waals surface area contributed by atoms with Gasteiger partial charge < -0.3 is 10.1 Å². The smallest absolute Gasteiger partial charge is 0.406 e. The Bertz CT molecular complexity index is 668. The number of hydrogen-bond donors (Lipinski definition) is 2. The Hall–Kier alpha value is -2.13. The van der Waals surface area contributed by atoms with Crippen LogP contribution in [0.5, 0.6) is 5.75 Å². The highest BCUT2D eigenvalue weighted by Crippen LogP contribution is 2.31. The molecule has 0 atom stereocenters. The SMILES string of the molecule is C.CONC1=NC(c2cccc(OC(F)(F)F)c2)=NC12CCNCC2. The number of nitrogens with zero attached hydrogens (tertiary/aromatic N) is 2. The first-order valence-corrected chi connectivity index (χ1v) is 7.47. The quantitative estimate of drug-likeness (QED) is 0.816. The number of aliphatic imine (C=N–C) groups is 2. The van der Waals surface area contributed by atoms with E-state index < -0.39 is 11.9 Å². The van der Waals surface area contributed by atoms with Gasteiger partial charge in [0.25, 0.3) is 0 Å². The second-order valence-electron chi connectivity index (χ2n) is 5.56. The highest BCUT2D eigenvalue weighted by Gasteiger charge is 2.42. The molecule has 1 fully saturated rings. The number of hydroxylamine groups is 1. The minimum Gasteiger partial charge on any atom is -0.406 e. The Kier molecular flexibility index (Phi) is 5.69. The van der Waals surface area contributed by atoms with Crippen molar-refractivity contribution in [1.82, 2.24) is 10.8 Å². The summed E-state index contributed by atoms with van der Waals surface area (Å²) < 4.78 is 41.1. The lowest BCUT2D eigenvalue weighted by Gasteiger charge is -2.31. The number of ether oxygens (including phenoxy) is 1. The van der Waals surface area contributed by atoms with E-state index in [1.165, 1.54) is 25.3 Å². The van der Waals surface area contributed by atoms with Crippen LogP contribution in [0.15, 0.2) is 34.3 Å². The normalized spacial score (nSPS) is 19.0. The third-order valence-electron chi connectivity index (χ3n) is 3.93. The molecule has 2 aliphatic heterocycles. The Morgan fingerprint density at radius 2 is 1.96 bits per heavy atom. The van der Waals surface area contributed by atoms with Gasteiger partial charge in [-0.3, -0.25) is 15.3 Å². The molecule has 2 aliphatic rings. The number of rotatable bonds is 3. The van der Waals surface area contributed by atoms with E-state index in [9.17, 15) is 13.2 Å². The van der Waals surface area contributed by atoms with Crippen molar-refractivity contribution in [1.29, 1.82) is 0 Å². The zero-order valence-corrected chi connectivity index (χ0v) is 13.0. The molecule has 0 radical (unpaired) electrons. The van der Waals surface area contributed by atoms with Crippen molar-refractivity contribution in [2.24, 2.45) is 9.98 Å². The Balaban J connectivity index is 0.00000225. The van der Waals surface area contributed by atoms with Crippen LogP contribution in [0.4, 0.5) is 13.2 Å². The van der Waals surface area contributed by atoms with Crippen LogP contribution in [0.1, 0.15) is 25.8 Å². The lowest BCUT2D eigenvalue weighted by atomic mass is 9.88. The first-order chi connectivity index (χ1) is 11.4. The topological polar surface area (TPSA) is 67.2 Å². The van der Waals surface area contributed by atoms with Gasteiger partial charge in [-0.15, -0.1) is 13.2 Å². The van der Waals surface area contributed by atoms with Crippen molar-refractivity contribution in [3.8, 4) is 5.75 Å². The predicted octanol–water partition coefficient (Wildman–Crippen LogP) is 2.65. The van der Waals surface area contributed by atoms with Gasteiger partial charge in [-0.2, -0.15) is 0 Å². The Labute approximate surface area is 144 Å². The van der Waals surface area contributed by atoms with Gasteiger partial charge in [-0.1, -0.05) is 19.6 Å². The Morgan fingerprint density at radius 1 is 1.24 bits per heavy atom. The van der Waals surface area contributed by atoms with Crippen LogP contribution < -0.4 is 15.5 Å². The fraction of sp³-hybridized carbons (Fsp3) is 0.500. The van der Waals surface area contributed by atoms with Crippen LogP contribution in [-0.2, 0) is 4.84 Å². The lowest BCUT2D eigenvalue weighted by molar-refractivity contribution is -0.274. The molecule has 0 unspecified atom stereocenters. The van der Waals surface area contributed by atoms with Crippen LogP contribution in [0.3, 0.4) is 0 Å². The van der Waals surface area contributed by atoms with E-state index in [0.717, 1.165) is 25.9 Å². The molecule has 0 aliphatic carbocycles. The van der Waals surface area contributed by atoms with Gasteiger partial charge in [-0.05, 0) is 38.1 Å². The zero-order valence-electron chi connectivity index (χ0n) is 13.0. The molecule has 0 amide bonds. The minimum atomic E-state index is -4.74. The summed E-state index contributed by atoms with van der Waals surface area (Å²) >= 11 is 0. The van der Waals surface area contributed by atoms with E-state index in [2.05, 4.69) is 25.5 Å². The number of nitrogens with one attached hydrogen (secondary N) is 2. The average Bonchev–Trinajstić information content (AvgIpc) is 2.85. The van der Waals surface area contributed by atoms with Gasteiger partial charge >= 0.3 is 6.36 Å². The summed E-state index contributed by atoms with van der Waals surface area (Å²) in [5.74, 6) is 0.637. The maximum atomic E-state index is 12.4. The van der Waals surface area contributed by atoms with Crippen molar-refractivity contribution in [2.75, 3.05) is 20.2 Å². The second kappa shape index (κ2) is 7.40. The molecule has 25 heavy (non-hydrogen) atoms. The second-order valence-corrected chi connectivity index (χ2v) is 5.56. The number of amidine groups is 2. The summed E-state index contributed by atoms with van der Waals surface area (Å²) in [7, 11) is 1.48. The van der Waals surface area contributed by atoms with Gasteiger partial charge in [0.1, 0.15) is 11.3 Å². The number of alkyl halides is 3. The first-order valence-electron chi connectivity index (χ1n) is 7.47. The van der Waals surface area contributed by atoms with Crippen LogP contribution in [0.2, 0.25) is 0 Å². The molecule has 1 aromatic carbocycles. The summed E-state index contributed by atoms with van der Waals surface area (Å²) in [6, 6.07) is 5.65. The van der Waals surface area contributed by atoms with Crippen molar-refractivity contribution < 1.29 is 22.7 Å². The molecule has 1 spiro atoms. The summed E-state index contributed by atoms with van der Waals surface area (Å²) in [5, 5.41) is 3.25. The maximum absolute atomic E-state index is 12.4. The molecular formula is C16H21F3N4O2. The van der Waals surface area contributed by atoms with Gasteiger partial charge in [0.05, 0.1) is 7.11 Å². The molecular weight excluding hydrogens is 337 g/mol. The third-order valence-corrected chi connectivity index (χ3v) is 3.93. The maximum Gasteiger partial charge on any atom is 0.573 e. The number of piperidine rings is 1. The number of hydrogen-bond acceptors (Lipinski definition) is 6. The van der Waals surface area contributed by atoms with Gasteiger partial charge in [-0.25, -0.2) is 4.99 Å². The fourth-order valence-corrected chi connectivity index (χ4v) is 2.86. The van der Waals surface area contributed by atoms with Crippen LogP contribution in [0.25, 0.3) is 0 Å².